The van der Waals surface area contributed by atoms with Crippen LogP contribution in [0, 0.1) is 5.82 Å². The number of hydrogen-bond donors (Lipinski definition) is 2. The predicted octanol–water partition coefficient (Wildman–Crippen LogP) is 3.30. The summed E-state index contributed by atoms with van der Waals surface area (Å²) in [6, 6.07) is 4.80. The smallest absolute Gasteiger partial charge is 0.126 e. The van der Waals surface area contributed by atoms with Gasteiger partial charge in [0.1, 0.15) is 5.82 Å². The van der Waals surface area contributed by atoms with Gasteiger partial charge in [0.15, 0.2) is 0 Å². The molecular weight excluding hydrogens is 265 g/mol. The molecule has 0 spiro atoms. The van der Waals surface area contributed by atoms with Crippen LogP contribution in [0.2, 0.25) is 5.02 Å². The highest BCUT2D eigenvalue weighted by atomic mass is 35.5. The fraction of sp³-hybridized carbons (Fsp3) is 0.600. The molecule has 0 aliphatic carbocycles. The van der Waals surface area contributed by atoms with E-state index in [4.69, 9.17) is 11.6 Å². The highest BCUT2D eigenvalue weighted by Crippen LogP contribution is 2.25. The van der Waals surface area contributed by atoms with E-state index in [9.17, 15) is 9.50 Å². The normalized spacial score (nSPS) is 23.1. The summed E-state index contributed by atoms with van der Waals surface area (Å²) in [5.41, 5.74) is -0.436. The first-order valence-electron chi connectivity index (χ1n) is 6.86. The third-order valence-corrected chi connectivity index (χ3v) is 3.91. The molecular formula is C15H21ClFNO. The maximum Gasteiger partial charge on any atom is 0.126 e. The minimum atomic E-state index is -0.916. The predicted molar refractivity (Wildman–Crippen MR) is 76.0 cm³/mol. The Kier molecular flexibility index (Phi) is 4.82. The van der Waals surface area contributed by atoms with Crippen molar-refractivity contribution in [2.75, 3.05) is 6.54 Å². The number of nitrogens with one attached hydrogen (secondary N) is 1. The van der Waals surface area contributed by atoms with E-state index in [1.807, 2.05) is 0 Å². The van der Waals surface area contributed by atoms with Crippen molar-refractivity contribution in [3.05, 3.63) is 34.6 Å². The van der Waals surface area contributed by atoms with Crippen molar-refractivity contribution >= 4 is 11.6 Å². The molecule has 0 bridgehead atoms. The van der Waals surface area contributed by atoms with Gasteiger partial charge in [0.2, 0.25) is 0 Å². The third-order valence-electron chi connectivity index (χ3n) is 3.68. The van der Waals surface area contributed by atoms with E-state index in [0.717, 1.165) is 13.0 Å². The Morgan fingerprint density at radius 2 is 2.26 bits per heavy atom. The lowest BCUT2D eigenvalue weighted by Gasteiger charge is -2.31. The second kappa shape index (κ2) is 6.21. The summed E-state index contributed by atoms with van der Waals surface area (Å²) >= 11 is 5.88. The van der Waals surface area contributed by atoms with Gasteiger partial charge in [0.05, 0.1) is 5.60 Å². The van der Waals surface area contributed by atoms with Crippen LogP contribution < -0.4 is 5.32 Å². The molecule has 1 aromatic carbocycles. The van der Waals surface area contributed by atoms with E-state index in [2.05, 4.69) is 5.32 Å². The second-order valence-electron chi connectivity index (χ2n) is 5.76. The topological polar surface area (TPSA) is 32.3 Å². The SMILES string of the molecule is CC(O)(Cc1cc(Cl)ccc1F)CC1CCCCN1. The zero-order chi connectivity index (χ0) is 13.9. The van der Waals surface area contributed by atoms with Crippen LogP contribution >= 0.6 is 11.6 Å². The molecule has 2 N–H and O–H groups in total. The number of benzene rings is 1. The number of aliphatic hydroxyl groups is 1. The fourth-order valence-electron chi connectivity index (χ4n) is 2.79. The third kappa shape index (κ3) is 4.44. The number of rotatable bonds is 4. The molecule has 1 aliphatic rings. The Balaban J connectivity index is 2.00. The Bertz CT molecular complexity index is 430. The van der Waals surface area contributed by atoms with Crippen LogP contribution in [0.5, 0.6) is 0 Å². The van der Waals surface area contributed by atoms with E-state index in [0.29, 0.717) is 23.0 Å². The standard InChI is InChI=1S/C15H21ClFNO/c1-15(19,10-13-4-2-3-7-18-13)9-11-8-12(16)5-6-14(11)17/h5-6,8,13,18-19H,2-4,7,9-10H2,1H3. The van der Waals surface area contributed by atoms with Crippen molar-refractivity contribution in [2.45, 2.75) is 50.7 Å². The van der Waals surface area contributed by atoms with Gasteiger partial charge in [-0.2, -0.15) is 0 Å². The molecule has 1 fully saturated rings. The molecule has 0 aromatic heterocycles. The van der Waals surface area contributed by atoms with Crippen LogP contribution in [-0.4, -0.2) is 23.3 Å². The molecule has 4 heteroatoms. The van der Waals surface area contributed by atoms with Crippen LogP contribution in [0.1, 0.15) is 38.2 Å². The van der Waals surface area contributed by atoms with Crippen molar-refractivity contribution in [3.63, 3.8) is 0 Å². The summed E-state index contributed by atoms with van der Waals surface area (Å²) in [5, 5.41) is 14.4. The van der Waals surface area contributed by atoms with Gasteiger partial charge < -0.3 is 10.4 Å². The first-order chi connectivity index (χ1) is 8.96. The lowest BCUT2D eigenvalue weighted by atomic mass is 9.87. The van der Waals surface area contributed by atoms with Crippen LogP contribution in [0.4, 0.5) is 4.39 Å². The Hall–Kier alpha value is -0.640. The summed E-state index contributed by atoms with van der Waals surface area (Å²) in [5.74, 6) is -0.304. The molecule has 0 radical (unpaired) electrons. The van der Waals surface area contributed by atoms with E-state index in [1.165, 1.54) is 25.0 Å². The van der Waals surface area contributed by atoms with E-state index < -0.39 is 5.60 Å². The van der Waals surface area contributed by atoms with Gasteiger partial charge in [-0.05, 0) is 56.5 Å². The number of halogens is 2. The lowest BCUT2D eigenvalue weighted by molar-refractivity contribution is 0.0363. The molecule has 2 nitrogen and oxygen atoms in total. The molecule has 1 aliphatic heterocycles. The average molecular weight is 286 g/mol. The first-order valence-corrected chi connectivity index (χ1v) is 7.24. The molecule has 0 saturated carbocycles. The molecule has 0 amide bonds. The summed E-state index contributed by atoms with van der Waals surface area (Å²) < 4.78 is 13.7. The molecule has 19 heavy (non-hydrogen) atoms. The highest BCUT2D eigenvalue weighted by molar-refractivity contribution is 6.30. The Morgan fingerprint density at radius 1 is 1.47 bits per heavy atom. The van der Waals surface area contributed by atoms with Crippen molar-refractivity contribution in [1.82, 2.24) is 5.32 Å². The first kappa shape index (κ1) is 14.8. The highest BCUT2D eigenvalue weighted by Gasteiger charge is 2.27. The van der Waals surface area contributed by atoms with Gasteiger partial charge in [-0.25, -0.2) is 4.39 Å². The zero-order valence-electron chi connectivity index (χ0n) is 11.3. The van der Waals surface area contributed by atoms with Gasteiger partial charge in [-0.1, -0.05) is 18.0 Å². The maximum absolute atomic E-state index is 13.7. The quantitative estimate of drug-likeness (QED) is 0.890. The molecule has 2 atom stereocenters. The molecule has 1 aromatic rings. The Labute approximate surface area is 119 Å². The largest absolute Gasteiger partial charge is 0.390 e. The monoisotopic (exact) mass is 285 g/mol. The maximum atomic E-state index is 13.7. The summed E-state index contributed by atoms with van der Waals surface area (Å²) in [6.07, 6.45) is 4.39. The molecule has 106 valence electrons. The second-order valence-corrected chi connectivity index (χ2v) is 6.20. The van der Waals surface area contributed by atoms with Crippen LogP contribution in [0.3, 0.4) is 0 Å². The minimum Gasteiger partial charge on any atom is -0.390 e. The van der Waals surface area contributed by atoms with Crippen molar-refractivity contribution in [1.29, 1.82) is 0 Å². The lowest BCUT2D eigenvalue weighted by Crippen LogP contribution is -2.42. The Morgan fingerprint density at radius 3 is 2.95 bits per heavy atom. The summed E-state index contributed by atoms with van der Waals surface area (Å²) in [6.45, 7) is 2.77. The fourth-order valence-corrected chi connectivity index (χ4v) is 2.98. The van der Waals surface area contributed by atoms with Crippen LogP contribution in [0.25, 0.3) is 0 Å². The molecule has 2 rings (SSSR count). The van der Waals surface area contributed by atoms with Gasteiger partial charge in [0.25, 0.3) is 0 Å². The van der Waals surface area contributed by atoms with Gasteiger partial charge in [0, 0.05) is 17.5 Å². The van der Waals surface area contributed by atoms with E-state index in [-0.39, 0.29) is 12.2 Å². The van der Waals surface area contributed by atoms with Gasteiger partial charge in [-0.15, -0.1) is 0 Å². The molecule has 1 saturated heterocycles. The molecule has 1 heterocycles. The van der Waals surface area contributed by atoms with Gasteiger partial charge >= 0.3 is 0 Å². The molecule has 2 unspecified atom stereocenters. The van der Waals surface area contributed by atoms with Crippen molar-refractivity contribution in [3.8, 4) is 0 Å². The van der Waals surface area contributed by atoms with Gasteiger partial charge in [-0.3, -0.25) is 0 Å². The van der Waals surface area contributed by atoms with E-state index in [1.54, 1.807) is 13.0 Å². The van der Waals surface area contributed by atoms with Crippen LogP contribution in [0.15, 0.2) is 18.2 Å². The summed E-state index contributed by atoms with van der Waals surface area (Å²) in [4.78, 5) is 0. The zero-order valence-corrected chi connectivity index (χ0v) is 12.0. The van der Waals surface area contributed by atoms with Crippen molar-refractivity contribution < 1.29 is 9.50 Å². The van der Waals surface area contributed by atoms with Crippen molar-refractivity contribution in [2.24, 2.45) is 0 Å². The van der Waals surface area contributed by atoms with E-state index >= 15 is 0 Å². The number of piperidine rings is 1. The number of hydrogen-bond acceptors (Lipinski definition) is 2. The summed E-state index contributed by atoms with van der Waals surface area (Å²) in [7, 11) is 0. The van der Waals surface area contributed by atoms with Crippen LogP contribution in [-0.2, 0) is 6.42 Å². The average Bonchev–Trinajstić information content (AvgIpc) is 2.34. The minimum absolute atomic E-state index is 0.289.